The number of hydrogen-bond acceptors (Lipinski definition) is 6. The number of rotatable bonds is 3. The number of alkyl halides is 3. The highest BCUT2D eigenvalue weighted by Gasteiger charge is 2.48. The lowest BCUT2D eigenvalue weighted by atomic mass is 9.70. The minimum Gasteiger partial charge on any atom is -0.369 e. The molecule has 190 valence electrons. The number of aromatic nitrogens is 1. The van der Waals surface area contributed by atoms with Crippen molar-refractivity contribution in [3.63, 3.8) is 0 Å². The maximum atomic E-state index is 13.3. The Morgan fingerprint density at radius 2 is 2.06 bits per heavy atom. The van der Waals surface area contributed by atoms with Crippen molar-refractivity contribution in [2.75, 3.05) is 31.1 Å². The Morgan fingerprint density at radius 1 is 1.31 bits per heavy atom. The van der Waals surface area contributed by atoms with E-state index in [1.165, 1.54) is 11.8 Å². The van der Waals surface area contributed by atoms with Gasteiger partial charge in [-0.25, -0.2) is 4.98 Å². The number of fused-ring (bicyclic) bond motifs is 4. The number of piperidine rings is 3. The highest BCUT2D eigenvalue weighted by molar-refractivity contribution is 7.18. The summed E-state index contributed by atoms with van der Waals surface area (Å²) in [7, 11) is 0. The van der Waals surface area contributed by atoms with Crippen LogP contribution in [0.4, 0.5) is 18.9 Å². The molecule has 10 heteroatoms. The normalized spacial score (nSPS) is 27.4. The number of likely N-dealkylation sites (tertiary alicyclic amines) is 1. The van der Waals surface area contributed by atoms with Crippen LogP contribution in [0.3, 0.4) is 0 Å². The third-order valence-electron chi connectivity index (χ3n) is 8.53. The van der Waals surface area contributed by atoms with Gasteiger partial charge in [0.25, 0.3) is 0 Å². The molecular formula is C26H28F3N5OS. The second kappa shape index (κ2) is 8.45. The van der Waals surface area contributed by atoms with Gasteiger partial charge in [0.15, 0.2) is 0 Å². The first kappa shape index (κ1) is 23.7. The molecule has 1 saturated carbocycles. The van der Waals surface area contributed by atoms with Crippen molar-refractivity contribution in [2.24, 2.45) is 11.3 Å². The molecule has 6 heterocycles. The van der Waals surface area contributed by atoms with Crippen LogP contribution in [-0.2, 0) is 11.2 Å². The summed E-state index contributed by atoms with van der Waals surface area (Å²) < 4.78 is 38.8. The molecule has 5 aliphatic rings. The van der Waals surface area contributed by atoms with E-state index in [9.17, 15) is 23.2 Å². The van der Waals surface area contributed by atoms with Crippen LogP contribution in [0.25, 0.3) is 10.2 Å². The molecule has 1 N–H and O–H groups in total. The number of carbonyl (C=O) groups excluding carboxylic acids is 1. The van der Waals surface area contributed by atoms with Gasteiger partial charge in [-0.3, -0.25) is 4.79 Å². The fourth-order valence-electron chi connectivity index (χ4n) is 6.68. The summed E-state index contributed by atoms with van der Waals surface area (Å²) in [4.78, 5) is 22.4. The molecular weight excluding hydrogens is 487 g/mol. The van der Waals surface area contributed by atoms with Crippen LogP contribution in [0, 0.1) is 22.7 Å². The number of halogens is 3. The Labute approximate surface area is 211 Å². The van der Waals surface area contributed by atoms with Crippen molar-refractivity contribution in [3.05, 3.63) is 34.9 Å². The van der Waals surface area contributed by atoms with Gasteiger partial charge >= 0.3 is 6.18 Å². The van der Waals surface area contributed by atoms with Gasteiger partial charge in [-0.1, -0.05) is 12.2 Å². The van der Waals surface area contributed by atoms with Gasteiger partial charge in [0.2, 0.25) is 5.91 Å². The Morgan fingerprint density at radius 3 is 2.69 bits per heavy atom. The van der Waals surface area contributed by atoms with Gasteiger partial charge in [0.05, 0.1) is 23.7 Å². The van der Waals surface area contributed by atoms with Crippen molar-refractivity contribution in [3.8, 4) is 6.07 Å². The number of amides is 1. The zero-order valence-electron chi connectivity index (χ0n) is 19.9. The minimum absolute atomic E-state index is 0.0620. The molecule has 0 radical (unpaired) electrons. The van der Waals surface area contributed by atoms with E-state index < -0.39 is 12.6 Å². The Bertz CT molecular complexity index is 1260. The highest BCUT2D eigenvalue weighted by Crippen LogP contribution is 2.47. The standard InChI is InChI=1S/C26H28F3N5OS/c1-15-8-17-2-3-19(15)21(32-17)24(35)33-6-4-25(5-7-33)13-34(14-25)22-16(11-30)12-31-23-20(22)9-18(36-23)10-26(27,28)29/h9,12,17,19,21,32H,1-8,10,13-14H2/t17-,19+,21-/m0/s1. The molecule has 1 spiro atoms. The van der Waals surface area contributed by atoms with Crippen LogP contribution in [0.1, 0.15) is 42.5 Å². The number of nitrogens with zero attached hydrogens (tertiary/aromatic N) is 4. The Balaban J connectivity index is 1.14. The molecule has 1 amide bonds. The van der Waals surface area contributed by atoms with Crippen LogP contribution in [0.15, 0.2) is 24.4 Å². The Kier molecular flexibility index (Phi) is 5.57. The monoisotopic (exact) mass is 515 g/mol. The summed E-state index contributed by atoms with van der Waals surface area (Å²) in [5, 5.41) is 13.8. The molecule has 36 heavy (non-hydrogen) atoms. The second-order valence-corrected chi connectivity index (χ2v) is 12.0. The fourth-order valence-corrected chi connectivity index (χ4v) is 7.71. The SMILES string of the molecule is C=C1C[C@@H]2CC[C@H]1[C@@H](C(=O)N1CCC3(CC1)CN(c1c(C#N)cnc4sc(CC(F)(F)F)cc14)C3)N2. The summed E-state index contributed by atoms with van der Waals surface area (Å²) in [6.45, 7) is 7.09. The molecule has 4 saturated heterocycles. The van der Waals surface area contributed by atoms with E-state index in [2.05, 4.69) is 27.8 Å². The summed E-state index contributed by atoms with van der Waals surface area (Å²) in [6, 6.07) is 3.94. The Hall–Kier alpha value is -2.64. The molecule has 5 fully saturated rings. The molecule has 7 rings (SSSR count). The fraction of sp³-hybridized carbons (Fsp3) is 0.577. The van der Waals surface area contributed by atoms with Crippen molar-refractivity contribution in [1.29, 1.82) is 5.26 Å². The summed E-state index contributed by atoms with van der Waals surface area (Å²) >= 11 is 1.04. The predicted octanol–water partition coefficient (Wildman–Crippen LogP) is 4.40. The maximum Gasteiger partial charge on any atom is 0.393 e. The van der Waals surface area contributed by atoms with Crippen molar-refractivity contribution < 1.29 is 18.0 Å². The number of nitriles is 1. The van der Waals surface area contributed by atoms with Gasteiger partial charge in [-0.05, 0) is 38.2 Å². The average molecular weight is 516 g/mol. The zero-order valence-corrected chi connectivity index (χ0v) is 20.7. The number of thiophene rings is 1. The lowest BCUT2D eigenvalue weighted by molar-refractivity contribution is -0.138. The molecule has 0 aromatic carbocycles. The summed E-state index contributed by atoms with van der Waals surface area (Å²) in [5.74, 6) is 0.429. The second-order valence-electron chi connectivity index (χ2n) is 10.9. The molecule has 2 aromatic rings. The van der Waals surface area contributed by atoms with Gasteiger partial charge in [-0.15, -0.1) is 11.3 Å². The molecule has 3 atom stereocenters. The smallest absolute Gasteiger partial charge is 0.369 e. The molecule has 2 aromatic heterocycles. The zero-order chi connectivity index (χ0) is 25.2. The topological polar surface area (TPSA) is 72.3 Å². The largest absolute Gasteiger partial charge is 0.393 e. The number of pyridine rings is 1. The van der Waals surface area contributed by atoms with E-state index in [1.807, 2.05) is 4.90 Å². The van der Waals surface area contributed by atoms with Crippen LogP contribution >= 0.6 is 11.3 Å². The van der Waals surface area contributed by atoms with Crippen molar-refractivity contribution in [1.82, 2.24) is 15.2 Å². The summed E-state index contributed by atoms with van der Waals surface area (Å²) in [5.41, 5.74) is 2.35. The lowest BCUT2D eigenvalue weighted by Crippen LogP contribution is -2.64. The molecule has 2 bridgehead atoms. The quantitative estimate of drug-likeness (QED) is 0.614. The summed E-state index contributed by atoms with van der Waals surface area (Å²) in [6.07, 6.45) is 1.08. The van der Waals surface area contributed by atoms with Crippen LogP contribution in [0.2, 0.25) is 0 Å². The minimum atomic E-state index is -4.29. The first-order chi connectivity index (χ1) is 17.1. The van der Waals surface area contributed by atoms with Crippen LogP contribution < -0.4 is 10.2 Å². The van der Waals surface area contributed by atoms with Crippen LogP contribution in [-0.4, -0.2) is 60.2 Å². The first-order valence-electron chi connectivity index (χ1n) is 12.5. The molecule has 4 aliphatic heterocycles. The van der Waals surface area contributed by atoms with Crippen LogP contribution in [0.5, 0.6) is 0 Å². The van der Waals surface area contributed by atoms with E-state index in [4.69, 9.17) is 0 Å². The lowest BCUT2D eigenvalue weighted by Gasteiger charge is -2.55. The average Bonchev–Trinajstić information content (AvgIpc) is 3.22. The van der Waals surface area contributed by atoms with E-state index in [0.29, 0.717) is 40.6 Å². The first-order valence-corrected chi connectivity index (χ1v) is 13.3. The maximum absolute atomic E-state index is 13.3. The predicted molar refractivity (Wildman–Crippen MR) is 132 cm³/mol. The number of hydrogen-bond donors (Lipinski definition) is 1. The molecule has 6 nitrogen and oxygen atoms in total. The van der Waals surface area contributed by atoms with E-state index in [0.717, 1.165) is 56.5 Å². The van der Waals surface area contributed by atoms with E-state index in [-0.39, 0.29) is 28.2 Å². The molecule has 0 unspecified atom stereocenters. The third kappa shape index (κ3) is 4.06. The number of anilines is 1. The van der Waals surface area contributed by atoms with Crippen molar-refractivity contribution >= 4 is 33.1 Å². The third-order valence-corrected chi connectivity index (χ3v) is 9.57. The molecule has 1 aliphatic carbocycles. The van der Waals surface area contributed by atoms with Gasteiger partial charge in [0, 0.05) is 60.0 Å². The number of carbonyl (C=O) groups is 1. The van der Waals surface area contributed by atoms with Gasteiger partial charge in [0.1, 0.15) is 10.9 Å². The number of nitrogens with one attached hydrogen (secondary N) is 1. The van der Waals surface area contributed by atoms with Gasteiger partial charge < -0.3 is 15.1 Å². The van der Waals surface area contributed by atoms with E-state index >= 15 is 0 Å². The highest BCUT2D eigenvalue weighted by atomic mass is 32.1. The van der Waals surface area contributed by atoms with E-state index in [1.54, 1.807) is 6.07 Å². The van der Waals surface area contributed by atoms with Crippen molar-refractivity contribution in [2.45, 2.75) is 56.8 Å². The van der Waals surface area contributed by atoms with Gasteiger partial charge in [-0.2, -0.15) is 18.4 Å².